The summed E-state index contributed by atoms with van der Waals surface area (Å²) in [5.74, 6) is -0.0918. The molecule has 0 saturated carbocycles. The normalized spacial score (nSPS) is 10.9. The molecule has 1 N–H and O–H groups in total. The minimum absolute atomic E-state index is 0.101. The first-order valence-electron chi connectivity index (χ1n) is 7.07. The van der Waals surface area contributed by atoms with Crippen LogP contribution in [0.15, 0.2) is 53.4 Å². The lowest BCUT2D eigenvalue weighted by Crippen LogP contribution is -2.15. The van der Waals surface area contributed by atoms with Crippen molar-refractivity contribution in [1.29, 1.82) is 0 Å². The van der Waals surface area contributed by atoms with E-state index in [9.17, 15) is 13.2 Å². The maximum Gasteiger partial charge on any atom is 0.344 e. The molecule has 0 aliphatic carbocycles. The molecule has 0 aliphatic rings. The van der Waals surface area contributed by atoms with Crippen LogP contribution in [0.2, 0.25) is 0 Å². The molecule has 0 bridgehead atoms. The Balaban J connectivity index is 2.03. The molecule has 0 saturated heterocycles. The molecule has 2 rings (SSSR count). The van der Waals surface area contributed by atoms with Crippen LogP contribution in [0, 0.1) is 3.57 Å². The second kappa shape index (κ2) is 8.34. The Labute approximate surface area is 154 Å². The molecule has 2 aromatic carbocycles. The number of hydrogen-bond donors (Lipinski definition) is 1. The van der Waals surface area contributed by atoms with E-state index in [0.717, 1.165) is 3.57 Å². The van der Waals surface area contributed by atoms with Crippen LogP contribution in [-0.4, -0.2) is 27.6 Å². The smallest absolute Gasteiger partial charge is 0.344 e. The topological polar surface area (TPSA) is 81.7 Å². The number of nitrogens with one attached hydrogen (secondary N) is 1. The summed E-state index contributed by atoms with van der Waals surface area (Å²) in [4.78, 5) is 11.3. The van der Waals surface area contributed by atoms with E-state index < -0.39 is 16.0 Å². The summed E-state index contributed by atoms with van der Waals surface area (Å²) < 4.78 is 38.1. The zero-order valence-electron chi connectivity index (χ0n) is 12.9. The molecule has 0 heterocycles. The first-order chi connectivity index (χ1) is 11.4. The highest BCUT2D eigenvalue weighted by atomic mass is 127. The number of ether oxygens (including phenoxy) is 2. The largest absolute Gasteiger partial charge is 0.482 e. The Morgan fingerprint density at radius 1 is 1.08 bits per heavy atom. The fraction of sp³-hybridized carbons (Fsp3) is 0.188. The van der Waals surface area contributed by atoms with E-state index >= 15 is 0 Å². The fourth-order valence-electron chi connectivity index (χ4n) is 1.79. The van der Waals surface area contributed by atoms with Gasteiger partial charge in [0.25, 0.3) is 10.0 Å². The number of rotatable bonds is 7. The van der Waals surface area contributed by atoms with E-state index in [0.29, 0.717) is 11.4 Å². The predicted molar refractivity (Wildman–Crippen MR) is 98.5 cm³/mol. The SMILES string of the molecule is CCOC(=O)COc1ccc(S(=O)(=O)Nc2ccc(I)cc2)cc1. The van der Waals surface area contributed by atoms with Gasteiger partial charge in [-0.2, -0.15) is 0 Å². The average molecular weight is 461 g/mol. The first-order valence-corrected chi connectivity index (χ1v) is 9.64. The maximum atomic E-state index is 12.3. The lowest BCUT2D eigenvalue weighted by molar-refractivity contribution is -0.145. The van der Waals surface area contributed by atoms with Crippen molar-refractivity contribution in [3.8, 4) is 5.75 Å². The predicted octanol–water partition coefficient (Wildman–Crippen LogP) is 3.03. The van der Waals surface area contributed by atoms with Gasteiger partial charge in [0.2, 0.25) is 0 Å². The van der Waals surface area contributed by atoms with Gasteiger partial charge in [-0.3, -0.25) is 4.72 Å². The Bertz CT molecular complexity index is 788. The number of carbonyl (C=O) groups excluding carboxylic acids is 1. The number of anilines is 1. The zero-order chi connectivity index (χ0) is 17.6. The molecule has 0 radical (unpaired) electrons. The highest BCUT2D eigenvalue weighted by Crippen LogP contribution is 2.20. The van der Waals surface area contributed by atoms with Crippen LogP contribution in [0.4, 0.5) is 5.69 Å². The third-order valence-corrected chi connectivity index (χ3v) is 5.01. The third kappa shape index (κ3) is 5.38. The number of carbonyl (C=O) groups is 1. The number of benzene rings is 2. The van der Waals surface area contributed by atoms with Crippen molar-refractivity contribution in [3.05, 3.63) is 52.1 Å². The van der Waals surface area contributed by atoms with Crippen LogP contribution in [0.1, 0.15) is 6.92 Å². The van der Waals surface area contributed by atoms with E-state index in [-0.39, 0.29) is 18.1 Å². The van der Waals surface area contributed by atoms with Crippen molar-refractivity contribution in [1.82, 2.24) is 0 Å². The van der Waals surface area contributed by atoms with Gasteiger partial charge >= 0.3 is 5.97 Å². The standard InChI is InChI=1S/C16H16INO5S/c1-2-22-16(19)11-23-14-7-9-15(10-8-14)24(20,21)18-13-5-3-12(17)4-6-13/h3-10,18H,2,11H2,1H3. The van der Waals surface area contributed by atoms with Gasteiger partial charge < -0.3 is 9.47 Å². The van der Waals surface area contributed by atoms with Crippen molar-refractivity contribution in [3.63, 3.8) is 0 Å². The number of sulfonamides is 1. The monoisotopic (exact) mass is 461 g/mol. The molecule has 24 heavy (non-hydrogen) atoms. The molecule has 0 aromatic heterocycles. The molecule has 0 unspecified atom stereocenters. The molecular formula is C16H16INO5S. The molecular weight excluding hydrogens is 445 g/mol. The van der Waals surface area contributed by atoms with Gasteiger partial charge in [0.1, 0.15) is 5.75 Å². The Morgan fingerprint density at radius 3 is 2.29 bits per heavy atom. The van der Waals surface area contributed by atoms with E-state index in [1.165, 1.54) is 24.3 Å². The third-order valence-electron chi connectivity index (χ3n) is 2.89. The summed E-state index contributed by atoms with van der Waals surface area (Å²) in [6, 6.07) is 12.8. The van der Waals surface area contributed by atoms with Crippen LogP contribution in [-0.2, 0) is 19.6 Å². The maximum absolute atomic E-state index is 12.3. The van der Waals surface area contributed by atoms with Crippen molar-refractivity contribution < 1.29 is 22.7 Å². The van der Waals surface area contributed by atoms with Crippen LogP contribution < -0.4 is 9.46 Å². The van der Waals surface area contributed by atoms with Crippen molar-refractivity contribution >= 4 is 44.3 Å². The van der Waals surface area contributed by atoms with Gasteiger partial charge in [-0.1, -0.05) is 0 Å². The number of esters is 1. The molecule has 128 valence electrons. The molecule has 6 nitrogen and oxygen atoms in total. The highest BCUT2D eigenvalue weighted by molar-refractivity contribution is 14.1. The first kappa shape index (κ1) is 18.5. The minimum atomic E-state index is -3.68. The highest BCUT2D eigenvalue weighted by Gasteiger charge is 2.14. The van der Waals surface area contributed by atoms with Crippen LogP contribution in [0.5, 0.6) is 5.75 Å². The van der Waals surface area contributed by atoms with Gasteiger partial charge in [-0.15, -0.1) is 0 Å². The van der Waals surface area contributed by atoms with Crippen molar-refractivity contribution in [2.75, 3.05) is 17.9 Å². The lowest BCUT2D eigenvalue weighted by atomic mass is 10.3. The van der Waals surface area contributed by atoms with E-state index in [1.807, 2.05) is 12.1 Å². The molecule has 0 atom stereocenters. The molecule has 2 aromatic rings. The Kier molecular flexibility index (Phi) is 6.44. The lowest BCUT2D eigenvalue weighted by Gasteiger charge is -2.09. The summed E-state index contributed by atoms with van der Waals surface area (Å²) in [6.45, 7) is 1.77. The Morgan fingerprint density at radius 2 is 1.71 bits per heavy atom. The van der Waals surface area contributed by atoms with Gasteiger partial charge in [0.05, 0.1) is 11.5 Å². The number of hydrogen-bond acceptors (Lipinski definition) is 5. The second-order valence-electron chi connectivity index (χ2n) is 4.68. The van der Waals surface area contributed by atoms with Crippen LogP contribution in [0.25, 0.3) is 0 Å². The van der Waals surface area contributed by atoms with Crippen LogP contribution in [0.3, 0.4) is 0 Å². The summed E-state index contributed by atoms with van der Waals surface area (Å²) >= 11 is 2.14. The summed E-state index contributed by atoms with van der Waals surface area (Å²) in [6.07, 6.45) is 0. The van der Waals surface area contributed by atoms with E-state index in [2.05, 4.69) is 27.3 Å². The quantitative estimate of drug-likeness (QED) is 0.507. The van der Waals surface area contributed by atoms with Crippen LogP contribution >= 0.6 is 22.6 Å². The average Bonchev–Trinajstić information content (AvgIpc) is 2.56. The summed E-state index contributed by atoms with van der Waals surface area (Å²) in [5, 5.41) is 0. The van der Waals surface area contributed by atoms with Gasteiger partial charge in [-0.25, -0.2) is 13.2 Å². The van der Waals surface area contributed by atoms with E-state index in [1.54, 1.807) is 19.1 Å². The molecule has 8 heteroatoms. The summed E-state index contributed by atoms with van der Waals surface area (Å²) in [7, 11) is -3.68. The molecule has 0 aliphatic heterocycles. The fourth-order valence-corrected chi connectivity index (χ4v) is 3.21. The number of halogens is 1. The van der Waals surface area contributed by atoms with Gasteiger partial charge in [-0.05, 0) is 78.0 Å². The van der Waals surface area contributed by atoms with Crippen molar-refractivity contribution in [2.24, 2.45) is 0 Å². The van der Waals surface area contributed by atoms with Gasteiger partial charge in [0.15, 0.2) is 6.61 Å². The Hall–Kier alpha value is -1.81. The second-order valence-corrected chi connectivity index (χ2v) is 7.61. The molecule has 0 fully saturated rings. The summed E-state index contributed by atoms with van der Waals surface area (Å²) in [5.41, 5.74) is 0.484. The zero-order valence-corrected chi connectivity index (χ0v) is 15.8. The van der Waals surface area contributed by atoms with E-state index in [4.69, 9.17) is 9.47 Å². The van der Waals surface area contributed by atoms with Crippen molar-refractivity contribution in [2.45, 2.75) is 11.8 Å². The minimum Gasteiger partial charge on any atom is -0.482 e. The molecule has 0 amide bonds. The van der Waals surface area contributed by atoms with Gasteiger partial charge in [0, 0.05) is 9.26 Å². The molecule has 0 spiro atoms.